The lowest BCUT2D eigenvalue weighted by atomic mass is 9.77. The number of rotatable bonds is 5. The van der Waals surface area contributed by atoms with Gasteiger partial charge in [-0.05, 0) is 89.2 Å². The van der Waals surface area contributed by atoms with Crippen molar-refractivity contribution in [2.45, 2.75) is 25.3 Å². The second kappa shape index (κ2) is 10.1. The summed E-state index contributed by atoms with van der Waals surface area (Å²) in [7, 11) is 0. The quantitative estimate of drug-likeness (QED) is 0.277. The van der Waals surface area contributed by atoms with E-state index >= 15 is 0 Å². The number of carbonyl (C=O) groups is 1. The predicted molar refractivity (Wildman–Crippen MR) is 157 cm³/mol. The van der Waals surface area contributed by atoms with Gasteiger partial charge in [0.25, 0.3) is 5.91 Å². The third-order valence-electron chi connectivity index (χ3n) is 8.32. The number of carbonyl (C=O) groups excluding carboxylic acids is 1. The Labute approximate surface area is 242 Å². The van der Waals surface area contributed by atoms with Crippen LogP contribution in [-0.2, 0) is 4.79 Å². The molecule has 1 saturated carbocycles. The van der Waals surface area contributed by atoms with Crippen molar-refractivity contribution in [2.24, 2.45) is 11.0 Å². The molecule has 0 radical (unpaired) electrons. The van der Waals surface area contributed by atoms with Gasteiger partial charge in [-0.3, -0.25) is 4.79 Å². The number of ether oxygens (including phenoxy) is 5. The van der Waals surface area contributed by atoms with Crippen molar-refractivity contribution < 1.29 is 28.5 Å². The molecule has 210 valence electrons. The van der Waals surface area contributed by atoms with Crippen molar-refractivity contribution in [3.8, 4) is 28.7 Å². The van der Waals surface area contributed by atoms with Gasteiger partial charge >= 0.3 is 0 Å². The minimum absolute atomic E-state index is 0.0454. The molecule has 0 saturated heterocycles. The summed E-state index contributed by atoms with van der Waals surface area (Å²) in [6.07, 6.45) is 4.96. The molecule has 2 atom stereocenters. The number of benzene rings is 4. The molecule has 1 fully saturated rings. The molecular formula is C34H28N2O6. The Hall–Kier alpha value is -4.98. The molecule has 4 aliphatic rings. The van der Waals surface area contributed by atoms with Crippen LogP contribution in [0.3, 0.4) is 0 Å². The number of hydrogen-bond donors (Lipinski definition) is 0. The number of nitrogens with zero attached hydrogens (tertiary/aromatic N) is 2. The summed E-state index contributed by atoms with van der Waals surface area (Å²) in [6, 6.07) is 25.5. The van der Waals surface area contributed by atoms with Crippen molar-refractivity contribution in [3.05, 3.63) is 95.6 Å². The Kier molecular flexibility index (Phi) is 5.98. The van der Waals surface area contributed by atoms with Crippen LogP contribution in [-0.4, -0.2) is 36.8 Å². The molecule has 1 aliphatic carbocycles. The topological polar surface area (TPSA) is 78.8 Å². The molecule has 8 rings (SSSR count). The van der Waals surface area contributed by atoms with Gasteiger partial charge in [-0.15, -0.1) is 0 Å². The fraction of sp³-hybridized carbons (Fsp3) is 0.235. The summed E-state index contributed by atoms with van der Waals surface area (Å²) in [6.45, 7) is 0.309. The van der Waals surface area contributed by atoms with E-state index in [-0.39, 0.29) is 38.1 Å². The smallest absolute Gasteiger partial charge is 0.281 e. The molecule has 8 heteroatoms. The maximum Gasteiger partial charge on any atom is 0.281 e. The van der Waals surface area contributed by atoms with E-state index in [1.54, 1.807) is 5.01 Å². The molecule has 3 heterocycles. The highest BCUT2D eigenvalue weighted by molar-refractivity contribution is 6.08. The molecule has 4 aromatic carbocycles. The lowest BCUT2D eigenvalue weighted by Crippen LogP contribution is -2.34. The summed E-state index contributed by atoms with van der Waals surface area (Å²) < 4.78 is 28.3. The largest absolute Gasteiger partial charge is 0.484 e. The van der Waals surface area contributed by atoms with Crippen molar-refractivity contribution in [3.63, 3.8) is 0 Å². The van der Waals surface area contributed by atoms with Crippen LogP contribution in [0.2, 0.25) is 0 Å². The van der Waals surface area contributed by atoms with Crippen molar-refractivity contribution >= 4 is 28.5 Å². The summed E-state index contributed by atoms with van der Waals surface area (Å²) in [5.74, 6) is 3.39. The number of amides is 1. The van der Waals surface area contributed by atoms with Gasteiger partial charge in [-0.1, -0.05) is 42.5 Å². The Morgan fingerprint density at radius 3 is 2.48 bits per heavy atom. The standard InChI is InChI=1S/C34H28N2O6/c37-32(18-38-26-11-9-22-4-1-2-5-23(22)16-26)36-34(25-10-13-29-31(17-25)42-20-40-29)27-7-3-6-24(33(27)35-36)14-21-8-12-28-30(15-21)41-19-39-28/h1-2,4-5,8-17,27,34H,3,6-7,18-20H2. The highest BCUT2D eigenvalue weighted by Gasteiger charge is 2.44. The second-order valence-corrected chi connectivity index (χ2v) is 10.9. The monoisotopic (exact) mass is 560 g/mol. The van der Waals surface area contributed by atoms with Crippen LogP contribution in [0.25, 0.3) is 16.8 Å². The van der Waals surface area contributed by atoms with Gasteiger partial charge in [0.15, 0.2) is 29.6 Å². The summed E-state index contributed by atoms with van der Waals surface area (Å²) in [5, 5.41) is 8.80. The molecule has 2 unspecified atom stereocenters. The third kappa shape index (κ3) is 4.40. The molecule has 0 aromatic heterocycles. The minimum Gasteiger partial charge on any atom is -0.484 e. The third-order valence-corrected chi connectivity index (χ3v) is 8.32. The Bertz CT molecular complexity index is 1780. The molecule has 3 aliphatic heterocycles. The molecule has 4 aromatic rings. The van der Waals surface area contributed by atoms with E-state index in [0.717, 1.165) is 63.9 Å². The van der Waals surface area contributed by atoms with Gasteiger partial charge in [0.1, 0.15) is 5.75 Å². The number of allylic oxidation sites excluding steroid dienone is 1. The molecular weight excluding hydrogens is 532 g/mol. The first-order valence-electron chi connectivity index (χ1n) is 14.2. The first kappa shape index (κ1) is 24.8. The normalized spacial score (nSPS) is 21.0. The molecule has 1 amide bonds. The average molecular weight is 561 g/mol. The van der Waals surface area contributed by atoms with E-state index < -0.39 is 0 Å². The van der Waals surface area contributed by atoms with Crippen LogP contribution in [0, 0.1) is 5.92 Å². The second-order valence-electron chi connectivity index (χ2n) is 10.9. The molecule has 0 spiro atoms. The fourth-order valence-electron chi connectivity index (χ4n) is 6.31. The first-order valence-corrected chi connectivity index (χ1v) is 14.2. The zero-order chi connectivity index (χ0) is 28.0. The first-order chi connectivity index (χ1) is 20.7. The maximum atomic E-state index is 13.8. The Morgan fingerprint density at radius 1 is 0.857 bits per heavy atom. The molecule has 0 N–H and O–H groups in total. The van der Waals surface area contributed by atoms with Gasteiger partial charge in [-0.2, -0.15) is 5.10 Å². The van der Waals surface area contributed by atoms with Crippen LogP contribution in [0.4, 0.5) is 0 Å². The molecule has 0 bridgehead atoms. The zero-order valence-electron chi connectivity index (χ0n) is 22.8. The maximum absolute atomic E-state index is 13.8. The van der Waals surface area contributed by atoms with E-state index in [0.29, 0.717) is 17.2 Å². The summed E-state index contributed by atoms with van der Waals surface area (Å²) in [5.41, 5.74) is 4.05. The number of hydrazone groups is 1. The lowest BCUT2D eigenvalue weighted by Gasteiger charge is -2.29. The van der Waals surface area contributed by atoms with Gasteiger partial charge in [-0.25, -0.2) is 5.01 Å². The molecule has 8 nitrogen and oxygen atoms in total. The summed E-state index contributed by atoms with van der Waals surface area (Å²) in [4.78, 5) is 13.8. The van der Waals surface area contributed by atoms with E-state index in [2.05, 4.69) is 12.1 Å². The molecule has 42 heavy (non-hydrogen) atoms. The number of fused-ring (bicyclic) bond motifs is 4. The van der Waals surface area contributed by atoms with Gasteiger partial charge in [0.2, 0.25) is 13.6 Å². The summed E-state index contributed by atoms with van der Waals surface area (Å²) >= 11 is 0. The minimum atomic E-state index is -0.275. The van der Waals surface area contributed by atoms with Crippen molar-refractivity contribution in [1.82, 2.24) is 5.01 Å². The number of hydrogen-bond acceptors (Lipinski definition) is 7. The SMILES string of the molecule is O=C(COc1ccc2ccccc2c1)N1N=C2C(=Cc3ccc4c(c3)OCO4)CCCC2C1c1ccc2c(c1)OCO2. The van der Waals surface area contributed by atoms with Crippen LogP contribution >= 0.6 is 0 Å². The van der Waals surface area contributed by atoms with E-state index in [9.17, 15) is 4.79 Å². The fourth-order valence-corrected chi connectivity index (χ4v) is 6.31. The highest BCUT2D eigenvalue weighted by Crippen LogP contribution is 2.46. The Balaban J connectivity index is 1.12. The van der Waals surface area contributed by atoms with Crippen LogP contribution in [0.5, 0.6) is 28.7 Å². The van der Waals surface area contributed by atoms with Gasteiger partial charge < -0.3 is 23.7 Å². The Morgan fingerprint density at radius 2 is 1.62 bits per heavy atom. The van der Waals surface area contributed by atoms with E-state index in [4.69, 9.17) is 28.8 Å². The van der Waals surface area contributed by atoms with Crippen LogP contribution in [0.1, 0.15) is 36.4 Å². The highest BCUT2D eigenvalue weighted by atomic mass is 16.7. The average Bonchev–Trinajstić information content (AvgIpc) is 3.78. The van der Waals surface area contributed by atoms with Crippen molar-refractivity contribution in [2.75, 3.05) is 20.2 Å². The van der Waals surface area contributed by atoms with Crippen LogP contribution < -0.4 is 23.7 Å². The van der Waals surface area contributed by atoms with E-state index in [1.165, 1.54) is 0 Å². The lowest BCUT2D eigenvalue weighted by molar-refractivity contribution is -0.135. The van der Waals surface area contributed by atoms with Crippen LogP contribution in [0.15, 0.2) is 89.5 Å². The van der Waals surface area contributed by atoms with Crippen molar-refractivity contribution in [1.29, 1.82) is 0 Å². The van der Waals surface area contributed by atoms with Gasteiger partial charge in [0.05, 0.1) is 11.8 Å². The van der Waals surface area contributed by atoms with E-state index in [1.807, 2.05) is 72.8 Å². The zero-order valence-corrected chi connectivity index (χ0v) is 22.8. The van der Waals surface area contributed by atoms with Gasteiger partial charge in [0, 0.05) is 5.92 Å². The predicted octanol–water partition coefficient (Wildman–Crippen LogP) is 6.50.